The van der Waals surface area contributed by atoms with E-state index in [-0.39, 0.29) is 18.4 Å². The molecule has 0 aromatic rings. The molecule has 1 fully saturated rings. The third kappa shape index (κ3) is 2.90. The maximum atomic E-state index is 11.1. The number of aliphatic hydroxyl groups excluding tert-OH is 1. The maximum Gasteiger partial charge on any atom is 0.169 e. The second-order valence-corrected chi connectivity index (χ2v) is 3.72. The summed E-state index contributed by atoms with van der Waals surface area (Å²) < 4.78 is 0. The molecule has 0 aromatic carbocycles. The van der Waals surface area contributed by atoms with Crippen molar-refractivity contribution in [2.75, 3.05) is 39.8 Å². The van der Waals surface area contributed by atoms with Crippen LogP contribution in [0.1, 0.15) is 0 Å². The number of carbonyl (C=O) groups is 1. The van der Waals surface area contributed by atoms with Gasteiger partial charge in [-0.15, -0.1) is 0 Å². The predicted molar refractivity (Wildman–Crippen MR) is 55.1 cm³/mol. The summed E-state index contributed by atoms with van der Waals surface area (Å²) in [6, 6.07) is 0.154. The Bertz CT molecular complexity index is 218. The number of piperazine rings is 1. The fraction of sp³-hybridized carbons (Fsp3) is 0.700. The molecule has 4 nitrogen and oxygen atoms in total. The highest BCUT2D eigenvalue weighted by Crippen LogP contribution is 2.06. The van der Waals surface area contributed by atoms with E-state index in [1.54, 1.807) is 0 Å². The summed E-state index contributed by atoms with van der Waals surface area (Å²) in [6.07, 6.45) is 1.35. The quantitative estimate of drug-likeness (QED) is 0.610. The zero-order chi connectivity index (χ0) is 10.6. The van der Waals surface area contributed by atoms with Crippen LogP contribution in [0.2, 0.25) is 0 Å². The third-order valence-electron chi connectivity index (χ3n) is 2.68. The van der Waals surface area contributed by atoms with E-state index in [1.807, 2.05) is 7.05 Å². The molecule has 1 atom stereocenters. The van der Waals surface area contributed by atoms with E-state index in [4.69, 9.17) is 5.11 Å². The summed E-state index contributed by atoms with van der Waals surface area (Å²) in [5.74, 6) is 0.0474. The van der Waals surface area contributed by atoms with Gasteiger partial charge in [0.05, 0.1) is 13.2 Å². The van der Waals surface area contributed by atoms with E-state index < -0.39 is 0 Å². The zero-order valence-corrected chi connectivity index (χ0v) is 8.65. The fourth-order valence-corrected chi connectivity index (χ4v) is 1.64. The molecule has 1 unspecified atom stereocenters. The molecule has 1 heterocycles. The minimum Gasteiger partial charge on any atom is -0.395 e. The van der Waals surface area contributed by atoms with Gasteiger partial charge in [0.1, 0.15) is 0 Å². The van der Waals surface area contributed by atoms with Crippen molar-refractivity contribution >= 4 is 5.78 Å². The van der Waals surface area contributed by atoms with Crippen molar-refractivity contribution in [3.63, 3.8) is 0 Å². The first-order valence-corrected chi connectivity index (χ1v) is 4.86. The standard InChI is InChI=1S/C10H18N2O2/c1-3-10(14)7-12-5-4-11(2)9(6-12)8-13/h3,9,13H,1,4-8H2,2H3. The molecule has 1 N–H and O–H groups in total. The third-order valence-corrected chi connectivity index (χ3v) is 2.68. The van der Waals surface area contributed by atoms with Gasteiger partial charge < -0.3 is 5.11 Å². The van der Waals surface area contributed by atoms with Crippen LogP contribution < -0.4 is 0 Å². The van der Waals surface area contributed by atoms with Crippen LogP contribution in [0.5, 0.6) is 0 Å². The summed E-state index contributed by atoms with van der Waals surface area (Å²) in [5.41, 5.74) is 0. The van der Waals surface area contributed by atoms with Gasteiger partial charge in [-0.2, -0.15) is 0 Å². The van der Waals surface area contributed by atoms with Crippen LogP contribution in [-0.4, -0.2) is 66.6 Å². The van der Waals surface area contributed by atoms with Gasteiger partial charge in [-0.25, -0.2) is 0 Å². The summed E-state index contributed by atoms with van der Waals surface area (Å²) in [6.45, 7) is 6.55. The Balaban J connectivity index is 2.42. The molecule has 0 bridgehead atoms. The van der Waals surface area contributed by atoms with Crippen molar-refractivity contribution in [1.82, 2.24) is 9.80 Å². The highest BCUT2D eigenvalue weighted by molar-refractivity contribution is 5.90. The molecule has 14 heavy (non-hydrogen) atoms. The monoisotopic (exact) mass is 198 g/mol. The SMILES string of the molecule is C=CC(=O)CN1CCN(C)C(CO)C1. The smallest absolute Gasteiger partial charge is 0.169 e. The minimum atomic E-state index is 0.0474. The van der Waals surface area contributed by atoms with Gasteiger partial charge in [0.15, 0.2) is 5.78 Å². The lowest BCUT2D eigenvalue weighted by molar-refractivity contribution is -0.116. The largest absolute Gasteiger partial charge is 0.395 e. The molecule has 0 spiro atoms. The second-order valence-electron chi connectivity index (χ2n) is 3.72. The lowest BCUT2D eigenvalue weighted by atomic mass is 10.2. The van der Waals surface area contributed by atoms with Crippen molar-refractivity contribution in [2.24, 2.45) is 0 Å². The molecule has 0 radical (unpaired) electrons. The molecule has 1 aliphatic rings. The zero-order valence-electron chi connectivity index (χ0n) is 8.65. The first kappa shape index (κ1) is 11.4. The second kappa shape index (κ2) is 5.24. The molecule has 0 aliphatic carbocycles. The van der Waals surface area contributed by atoms with Crippen LogP contribution in [0.4, 0.5) is 0 Å². The number of likely N-dealkylation sites (N-methyl/N-ethyl adjacent to an activating group) is 1. The number of aliphatic hydroxyl groups is 1. The molecule has 1 saturated heterocycles. The Kier molecular flexibility index (Phi) is 4.25. The van der Waals surface area contributed by atoms with Gasteiger partial charge in [-0.3, -0.25) is 14.6 Å². The predicted octanol–water partition coefficient (Wildman–Crippen LogP) is -0.650. The van der Waals surface area contributed by atoms with Crippen LogP contribution in [0, 0.1) is 0 Å². The first-order chi connectivity index (χ1) is 6.67. The summed E-state index contributed by atoms with van der Waals surface area (Å²) >= 11 is 0. The maximum absolute atomic E-state index is 11.1. The Morgan fingerprint density at radius 2 is 2.36 bits per heavy atom. The molecule has 0 amide bonds. The highest BCUT2D eigenvalue weighted by Gasteiger charge is 2.23. The number of hydrogen-bond donors (Lipinski definition) is 1. The van der Waals surface area contributed by atoms with E-state index in [1.165, 1.54) is 6.08 Å². The van der Waals surface area contributed by atoms with Crippen LogP contribution in [0.15, 0.2) is 12.7 Å². The molecule has 1 aliphatic heterocycles. The van der Waals surface area contributed by atoms with E-state index in [2.05, 4.69) is 16.4 Å². The average molecular weight is 198 g/mol. The summed E-state index contributed by atoms with van der Waals surface area (Å²) in [7, 11) is 1.99. The molecule has 4 heteroatoms. The Labute approximate surface area is 84.8 Å². The van der Waals surface area contributed by atoms with E-state index in [0.717, 1.165) is 19.6 Å². The lowest BCUT2D eigenvalue weighted by Crippen LogP contribution is -2.53. The van der Waals surface area contributed by atoms with Gasteiger partial charge in [0, 0.05) is 25.7 Å². The molecular formula is C10H18N2O2. The van der Waals surface area contributed by atoms with Gasteiger partial charge in [0.2, 0.25) is 0 Å². The average Bonchev–Trinajstić information content (AvgIpc) is 2.20. The summed E-state index contributed by atoms with van der Waals surface area (Å²) in [4.78, 5) is 15.3. The lowest BCUT2D eigenvalue weighted by Gasteiger charge is -2.38. The first-order valence-electron chi connectivity index (χ1n) is 4.86. The van der Waals surface area contributed by atoms with E-state index in [9.17, 15) is 4.79 Å². The fourth-order valence-electron chi connectivity index (χ4n) is 1.64. The van der Waals surface area contributed by atoms with Gasteiger partial charge >= 0.3 is 0 Å². The number of hydrogen-bond acceptors (Lipinski definition) is 4. The number of ketones is 1. The number of nitrogens with zero attached hydrogens (tertiary/aromatic N) is 2. The Hall–Kier alpha value is -0.710. The number of rotatable bonds is 4. The molecular weight excluding hydrogens is 180 g/mol. The van der Waals surface area contributed by atoms with Crippen LogP contribution >= 0.6 is 0 Å². The Morgan fingerprint density at radius 3 is 2.93 bits per heavy atom. The summed E-state index contributed by atoms with van der Waals surface area (Å²) in [5, 5.41) is 9.10. The van der Waals surface area contributed by atoms with Crippen molar-refractivity contribution in [3.05, 3.63) is 12.7 Å². The molecule has 0 saturated carbocycles. The van der Waals surface area contributed by atoms with Gasteiger partial charge in [0.25, 0.3) is 0 Å². The van der Waals surface area contributed by atoms with Crippen molar-refractivity contribution in [2.45, 2.75) is 6.04 Å². The van der Waals surface area contributed by atoms with Crippen molar-refractivity contribution in [3.8, 4) is 0 Å². The minimum absolute atomic E-state index is 0.0474. The van der Waals surface area contributed by atoms with Crippen LogP contribution in [-0.2, 0) is 4.79 Å². The molecule has 80 valence electrons. The van der Waals surface area contributed by atoms with Gasteiger partial charge in [-0.05, 0) is 13.1 Å². The van der Waals surface area contributed by atoms with Crippen molar-refractivity contribution < 1.29 is 9.90 Å². The van der Waals surface area contributed by atoms with E-state index in [0.29, 0.717) is 6.54 Å². The van der Waals surface area contributed by atoms with E-state index >= 15 is 0 Å². The molecule has 1 rings (SSSR count). The van der Waals surface area contributed by atoms with Crippen LogP contribution in [0.25, 0.3) is 0 Å². The normalized spacial score (nSPS) is 24.9. The highest BCUT2D eigenvalue weighted by atomic mass is 16.3. The van der Waals surface area contributed by atoms with Crippen molar-refractivity contribution in [1.29, 1.82) is 0 Å². The topological polar surface area (TPSA) is 43.8 Å². The van der Waals surface area contributed by atoms with Gasteiger partial charge in [-0.1, -0.05) is 6.58 Å². The van der Waals surface area contributed by atoms with Crippen LogP contribution in [0.3, 0.4) is 0 Å². The number of carbonyl (C=O) groups excluding carboxylic acids is 1. The Morgan fingerprint density at radius 1 is 1.64 bits per heavy atom. The molecule has 0 aromatic heterocycles.